The fraction of sp³-hybridized carbons (Fsp3) is 0.375. The van der Waals surface area contributed by atoms with Gasteiger partial charge in [0.15, 0.2) is 11.5 Å². The molecule has 30 heavy (non-hydrogen) atoms. The predicted molar refractivity (Wildman–Crippen MR) is 117 cm³/mol. The first-order valence-corrected chi connectivity index (χ1v) is 10.3. The van der Waals surface area contributed by atoms with Gasteiger partial charge in [-0.3, -0.25) is 9.59 Å². The van der Waals surface area contributed by atoms with Crippen LogP contribution in [0, 0.1) is 0 Å². The summed E-state index contributed by atoms with van der Waals surface area (Å²) in [5.41, 5.74) is 1.82. The predicted octanol–water partition coefficient (Wildman–Crippen LogP) is 5.40. The molecule has 0 saturated carbocycles. The quantitative estimate of drug-likeness (QED) is 0.483. The van der Waals surface area contributed by atoms with E-state index in [1.165, 1.54) is 6.92 Å². The summed E-state index contributed by atoms with van der Waals surface area (Å²) < 4.78 is 11.6. The van der Waals surface area contributed by atoms with E-state index in [9.17, 15) is 9.59 Å². The van der Waals surface area contributed by atoms with E-state index in [-0.39, 0.29) is 11.5 Å². The van der Waals surface area contributed by atoms with E-state index in [0.29, 0.717) is 17.1 Å². The zero-order valence-electron chi connectivity index (χ0n) is 18.1. The van der Waals surface area contributed by atoms with Crippen LogP contribution in [0.2, 0.25) is 5.15 Å². The van der Waals surface area contributed by atoms with E-state index in [1.54, 1.807) is 40.0 Å². The molecule has 0 radical (unpaired) electrons. The molecule has 0 spiro atoms. The van der Waals surface area contributed by atoms with E-state index >= 15 is 0 Å². The van der Waals surface area contributed by atoms with Gasteiger partial charge in [-0.05, 0) is 69.0 Å². The molecule has 1 aliphatic heterocycles. The van der Waals surface area contributed by atoms with Crippen molar-refractivity contribution in [2.75, 3.05) is 0 Å². The van der Waals surface area contributed by atoms with Crippen LogP contribution < -0.4 is 0 Å². The molecule has 1 aromatic carbocycles. The highest BCUT2D eigenvalue weighted by Gasteiger charge is 2.48. The highest BCUT2D eigenvalue weighted by molar-refractivity contribution is 6.29. The number of Topliss-reactive ketones (excluding diaryl/α,β-unsaturated/α-hetero) is 1. The number of rotatable bonds is 4. The molecule has 0 aliphatic carbocycles. The van der Waals surface area contributed by atoms with Crippen molar-refractivity contribution in [3.8, 4) is 11.1 Å². The number of nitrogens with zero attached hydrogens (tertiary/aromatic N) is 1. The molecular weight excluding hydrogens is 402 g/mol. The molecule has 6 heteroatoms. The molecule has 0 atom stereocenters. The first kappa shape index (κ1) is 22.2. The smallest absolute Gasteiger partial charge is 0.307 e. The van der Waals surface area contributed by atoms with E-state index in [1.807, 2.05) is 31.2 Å². The molecule has 0 N–H and O–H groups in total. The number of aromatic nitrogens is 1. The lowest BCUT2D eigenvalue weighted by atomic mass is 9.80. The van der Waals surface area contributed by atoms with Crippen molar-refractivity contribution in [1.29, 1.82) is 0 Å². The Morgan fingerprint density at radius 1 is 1.10 bits per heavy atom. The van der Waals surface area contributed by atoms with Crippen molar-refractivity contribution in [1.82, 2.24) is 4.98 Å². The van der Waals surface area contributed by atoms with Crippen LogP contribution >= 0.6 is 11.6 Å². The zero-order valence-corrected chi connectivity index (χ0v) is 18.9. The van der Waals surface area contributed by atoms with Crippen LogP contribution in [0.4, 0.5) is 0 Å². The lowest BCUT2D eigenvalue weighted by molar-refractivity contribution is -0.165. The fourth-order valence-corrected chi connectivity index (χ4v) is 3.95. The first-order chi connectivity index (χ1) is 14.0. The maximum Gasteiger partial charge on any atom is 0.307 e. The van der Waals surface area contributed by atoms with Crippen LogP contribution in [0.3, 0.4) is 0 Å². The van der Waals surface area contributed by atoms with Crippen LogP contribution in [-0.4, -0.2) is 27.9 Å². The Balaban J connectivity index is 2.31. The number of pyridine rings is 1. The Kier molecular flexibility index (Phi) is 5.89. The Bertz CT molecular complexity index is 1040. The van der Waals surface area contributed by atoms with Gasteiger partial charge >= 0.3 is 5.97 Å². The summed E-state index contributed by atoms with van der Waals surface area (Å²) in [5, 5.41) is 0.409. The minimum absolute atomic E-state index is 0.223. The summed E-state index contributed by atoms with van der Waals surface area (Å²) in [6.07, 6.45) is 2.40. The van der Waals surface area contributed by atoms with E-state index in [2.05, 4.69) is 4.98 Å². The number of esters is 1. The molecule has 0 bridgehead atoms. The highest BCUT2D eigenvalue weighted by atomic mass is 35.5. The third-order valence-electron chi connectivity index (χ3n) is 5.12. The number of benzene rings is 1. The van der Waals surface area contributed by atoms with Gasteiger partial charge in [-0.15, -0.1) is 0 Å². The Morgan fingerprint density at radius 2 is 1.77 bits per heavy atom. The van der Waals surface area contributed by atoms with Gasteiger partial charge in [0.2, 0.25) is 0 Å². The second-order valence-corrected chi connectivity index (χ2v) is 8.73. The molecule has 0 unspecified atom stereocenters. The van der Waals surface area contributed by atoms with E-state index in [0.717, 1.165) is 22.3 Å². The van der Waals surface area contributed by atoms with Gasteiger partial charge in [-0.2, -0.15) is 0 Å². The van der Waals surface area contributed by atoms with Crippen molar-refractivity contribution in [2.24, 2.45) is 0 Å². The van der Waals surface area contributed by atoms with Gasteiger partial charge < -0.3 is 9.47 Å². The second-order valence-electron chi connectivity index (χ2n) is 8.34. The molecule has 158 valence electrons. The lowest BCUT2D eigenvalue weighted by Crippen LogP contribution is -2.50. The molecular formula is C24H26ClNO4. The van der Waals surface area contributed by atoms with Crippen molar-refractivity contribution < 1.29 is 19.1 Å². The van der Waals surface area contributed by atoms with Crippen molar-refractivity contribution in [3.05, 3.63) is 58.6 Å². The number of hydrogen-bond donors (Lipinski definition) is 0. The Labute approximate surface area is 182 Å². The normalized spacial score (nSPS) is 17.8. The standard InChI is InChI=1S/C24H26ClNO4/c1-7-15-8-9-16(17-10-11-19(25)26-13-17)12-18(15)20-21(28)23(3,4)30-24(5,6)22(20)29-14(2)27/h8-13H,7H2,1-6H3. The number of carbonyl (C=O) groups is 2. The molecule has 0 fully saturated rings. The van der Waals surface area contributed by atoms with E-state index in [4.69, 9.17) is 21.1 Å². The summed E-state index contributed by atoms with van der Waals surface area (Å²) in [4.78, 5) is 29.5. The van der Waals surface area contributed by atoms with Gasteiger partial charge in [0.25, 0.3) is 0 Å². The van der Waals surface area contributed by atoms with Gasteiger partial charge in [0, 0.05) is 18.7 Å². The van der Waals surface area contributed by atoms with E-state index < -0.39 is 17.2 Å². The molecule has 2 aromatic rings. The van der Waals surface area contributed by atoms with Gasteiger partial charge in [0.05, 0.1) is 5.57 Å². The maximum absolute atomic E-state index is 13.5. The summed E-state index contributed by atoms with van der Waals surface area (Å²) in [7, 11) is 0. The molecule has 3 rings (SSSR count). The summed E-state index contributed by atoms with van der Waals surface area (Å²) in [5.74, 6) is -0.484. The molecule has 0 saturated heterocycles. The minimum Gasteiger partial charge on any atom is -0.427 e. The Hall–Kier alpha value is -2.50. The van der Waals surface area contributed by atoms with Crippen molar-refractivity contribution >= 4 is 28.9 Å². The molecule has 0 amide bonds. The van der Waals surface area contributed by atoms with Crippen LogP contribution in [0.5, 0.6) is 0 Å². The van der Waals surface area contributed by atoms with Crippen molar-refractivity contribution in [2.45, 2.75) is 59.2 Å². The monoisotopic (exact) mass is 427 g/mol. The summed E-state index contributed by atoms with van der Waals surface area (Å²) in [6, 6.07) is 9.51. The lowest BCUT2D eigenvalue weighted by Gasteiger charge is -2.42. The van der Waals surface area contributed by atoms with Gasteiger partial charge in [-0.1, -0.05) is 30.7 Å². The minimum atomic E-state index is -1.06. The largest absolute Gasteiger partial charge is 0.427 e. The second kappa shape index (κ2) is 7.97. The number of carbonyl (C=O) groups excluding carboxylic acids is 2. The molecule has 5 nitrogen and oxygen atoms in total. The van der Waals surface area contributed by atoms with Gasteiger partial charge in [-0.25, -0.2) is 4.98 Å². The first-order valence-electron chi connectivity index (χ1n) is 9.89. The SMILES string of the molecule is CCc1ccc(-c2ccc(Cl)nc2)cc1C1=C(OC(C)=O)C(C)(C)OC(C)(C)C1=O. The molecule has 1 aromatic heterocycles. The number of aryl methyl sites for hydroxylation is 1. The maximum atomic E-state index is 13.5. The van der Waals surface area contributed by atoms with Crippen LogP contribution in [0.1, 0.15) is 52.7 Å². The number of hydrogen-bond acceptors (Lipinski definition) is 5. The zero-order chi connectivity index (χ0) is 22.3. The fourth-order valence-electron chi connectivity index (χ4n) is 3.84. The number of halogens is 1. The average molecular weight is 428 g/mol. The topological polar surface area (TPSA) is 65.5 Å². The third kappa shape index (κ3) is 4.18. The third-order valence-corrected chi connectivity index (χ3v) is 5.35. The summed E-state index contributed by atoms with van der Waals surface area (Å²) >= 11 is 5.92. The molecule has 1 aliphatic rings. The molecule has 2 heterocycles. The number of ether oxygens (including phenoxy) is 2. The number of ketones is 1. The average Bonchev–Trinajstić information content (AvgIpc) is 2.66. The van der Waals surface area contributed by atoms with Gasteiger partial charge in [0.1, 0.15) is 16.4 Å². The van der Waals surface area contributed by atoms with Crippen molar-refractivity contribution in [3.63, 3.8) is 0 Å². The summed E-state index contributed by atoms with van der Waals surface area (Å²) in [6.45, 7) is 10.4. The van der Waals surface area contributed by atoms with Crippen LogP contribution in [0.15, 0.2) is 42.3 Å². The highest BCUT2D eigenvalue weighted by Crippen LogP contribution is 2.43. The van der Waals surface area contributed by atoms with Crippen LogP contribution in [0.25, 0.3) is 16.7 Å². The van der Waals surface area contributed by atoms with Crippen LogP contribution in [-0.2, 0) is 25.5 Å². The Morgan fingerprint density at radius 3 is 2.33 bits per heavy atom.